The van der Waals surface area contributed by atoms with Crippen LogP contribution in [0.15, 0.2) is 70.9 Å². The zero-order chi connectivity index (χ0) is 20.4. The number of amidine groups is 1. The average Bonchev–Trinajstić information content (AvgIpc) is 3.09. The normalized spacial score (nSPS) is 18.4. The van der Waals surface area contributed by atoms with Crippen LogP contribution in [0.25, 0.3) is 0 Å². The highest BCUT2D eigenvalue weighted by molar-refractivity contribution is 8.15. The molecule has 2 aliphatic heterocycles. The number of para-hydroxylation sites is 1. The van der Waals surface area contributed by atoms with Crippen molar-refractivity contribution >= 4 is 34.4 Å². The number of aliphatic imine (C=N–C) groups is 1. The highest BCUT2D eigenvalue weighted by atomic mass is 32.2. The third-order valence-electron chi connectivity index (χ3n) is 4.77. The molecule has 7 heteroatoms. The van der Waals surface area contributed by atoms with Crippen LogP contribution >= 0.6 is 11.8 Å². The fourth-order valence-electron chi connectivity index (χ4n) is 3.48. The van der Waals surface area contributed by atoms with Crippen molar-refractivity contribution in [2.45, 2.75) is 19.9 Å². The Morgan fingerprint density at radius 3 is 2.62 bits per heavy atom. The third-order valence-corrected chi connectivity index (χ3v) is 5.70. The Labute approximate surface area is 173 Å². The van der Waals surface area contributed by atoms with Crippen LogP contribution in [0.3, 0.4) is 0 Å². The maximum absolute atomic E-state index is 13.2. The Bertz CT molecular complexity index is 1000. The Balaban J connectivity index is 1.74. The molecular weight excluding hydrogens is 386 g/mol. The highest BCUT2D eigenvalue weighted by Crippen LogP contribution is 2.41. The Morgan fingerprint density at radius 1 is 1.21 bits per heavy atom. The van der Waals surface area contributed by atoms with Crippen molar-refractivity contribution in [2.24, 2.45) is 4.99 Å². The summed E-state index contributed by atoms with van der Waals surface area (Å²) in [6.45, 7) is 4.32. The maximum Gasteiger partial charge on any atom is 0.255 e. The van der Waals surface area contributed by atoms with Gasteiger partial charge in [-0.25, -0.2) is 4.99 Å². The lowest BCUT2D eigenvalue weighted by Gasteiger charge is -2.33. The van der Waals surface area contributed by atoms with Crippen LogP contribution in [0.2, 0.25) is 0 Å². The summed E-state index contributed by atoms with van der Waals surface area (Å²) in [5.41, 5.74) is 2.62. The highest BCUT2D eigenvalue weighted by Gasteiger charge is 2.42. The smallest absolute Gasteiger partial charge is 0.255 e. The van der Waals surface area contributed by atoms with Crippen LogP contribution in [0, 0.1) is 0 Å². The lowest BCUT2D eigenvalue weighted by Crippen LogP contribution is -2.40. The lowest BCUT2D eigenvalue weighted by atomic mass is 9.93. The molecule has 4 rings (SSSR count). The van der Waals surface area contributed by atoms with E-state index in [1.54, 1.807) is 4.90 Å². The van der Waals surface area contributed by atoms with E-state index >= 15 is 0 Å². The molecule has 29 heavy (non-hydrogen) atoms. The van der Waals surface area contributed by atoms with E-state index in [9.17, 15) is 9.59 Å². The Morgan fingerprint density at radius 2 is 1.93 bits per heavy atom. The van der Waals surface area contributed by atoms with Crippen LogP contribution in [0.5, 0.6) is 5.75 Å². The number of rotatable bonds is 5. The van der Waals surface area contributed by atoms with Gasteiger partial charge in [-0.15, -0.1) is 0 Å². The first-order chi connectivity index (χ1) is 14.1. The molecule has 1 unspecified atom stereocenters. The van der Waals surface area contributed by atoms with Crippen molar-refractivity contribution in [3.05, 3.63) is 71.4 Å². The summed E-state index contributed by atoms with van der Waals surface area (Å²) in [6.07, 6.45) is 0. The van der Waals surface area contributed by atoms with E-state index in [4.69, 9.17) is 4.74 Å². The molecule has 1 fully saturated rings. The summed E-state index contributed by atoms with van der Waals surface area (Å²) in [6, 6.07) is 16.3. The van der Waals surface area contributed by atoms with E-state index < -0.39 is 6.04 Å². The molecule has 0 saturated carbocycles. The molecule has 0 aliphatic carbocycles. The zero-order valence-electron chi connectivity index (χ0n) is 16.2. The van der Waals surface area contributed by atoms with E-state index in [1.165, 1.54) is 11.8 Å². The van der Waals surface area contributed by atoms with Crippen molar-refractivity contribution in [3.63, 3.8) is 0 Å². The quantitative estimate of drug-likeness (QED) is 0.814. The molecule has 2 heterocycles. The number of fused-ring (bicyclic) bond motifs is 1. The van der Waals surface area contributed by atoms with Crippen LogP contribution in [-0.2, 0) is 9.59 Å². The van der Waals surface area contributed by atoms with Gasteiger partial charge < -0.3 is 10.1 Å². The van der Waals surface area contributed by atoms with Gasteiger partial charge in [0.25, 0.3) is 5.91 Å². The van der Waals surface area contributed by atoms with Gasteiger partial charge in [-0.2, -0.15) is 0 Å². The van der Waals surface area contributed by atoms with Crippen molar-refractivity contribution in [3.8, 4) is 5.75 Å². The van der Waals surface area contributed by atoms with Crippen LogP contribution in [-0.4, -0.2) is 34.2 Å². The first kappa shape index (κ1) is 19.3. The number of anilines is 1. The standard InChI is InChI=1S/C22H21N3O3S/c1-3-28-17-11-9-15(10-12-17)20-19(21(27)24-16-7-5-4-6-8-16)14(2)23-22-25(20)18(26)13-29-22/h4-12,20H,3,13H2,1-2H3,(H,24,27). The number of nitrogens with zero attached hydrogens (tertiary/aromatic N) is 2. The van der Waals surface area contributed by atoms with Gasteiger partial charge in [0.2, 0.25) is 5.91 Å². The van der Waals surface area contributed by atoms with Gasteiger partial charge in [-0.3, -0.25) is 14.5 Å². The first-order valence-electron chi connectivity index (χ1n) is 9.42. The summed E-state index contributed by atoms with van der Waals surface area (Å²) >= 11 is 1.40. The molecule has 1 atom stereocenters. The summed E-state index contributed by atoms with van der Waals surface area (Å²) < 4.78 is 5.53. The van der Waals surface area contributed by atoms with Crippen molar-refractivity contribution in [1.82, 2.24) is 4.90 Å². The molecule has 0 aromatic heterocycles. The molecule has 2 aromatic carbocycles. The minimum absolute atomic E-state index is 0.0508. The number of hydrogen-bond acceptors (Lipinski definition) is 5. The van der Waals surface area contributed by atoms with E-state index in [2.05, 4.69) is 10.3 Å². The SMILES string of the molecule is CCOc1ccc(C2C(C(=O)Nc3ccccc3)=C(C)N=C3SCC(=O)N32)cc1. The molecule has 2 aromatic rings. The minimum atomic E-state index is -0.524. The van der Waals surface area contributed by atoms with Gasteiger partial charge in [-0.05, 0) is 43.7 Å². The molecule has 1 N–H and O–H groups in total. The van der Waals surface area contributed by atoms with Crippen LogP contribution in [0.1, 0.15) is 25.5 Å². The number of allylic oxidation sites excluding steroid dienone is 1. The van der Waals surface area contributed by atoms with E-state index in [0.29, 0.717) is 34.5 Å². The number of amides is 2. The monoisotopic (exact) mass is 407 g/mol. The fraction of sp³-hybridized carbons (Fsp3) is 0.227. The molecule has 6 nitrogen and oxygen atoms in total. The molecule has 1 saturated heterocycles. The topological polar surface area (TPSA) is 71.0 Å². The predicted octanol–water partition coefficient (Wildman–Crippen LogP) is 3.98. The van der Waals surface area contributed by atoms with Gasteiger partial charge in [-0.1, -0.05) is 42.1 Å². The fourth-order valence-corrected chi connectivity index (χ4v) is 4.42. The van der Waals surface area contributed by atoms with Gasteiger partial charge >= 0.3 is 0 Å². The van der Waals surface area contributed by atoms with Crippen molar-refractivity contribution in [2.75, 3.05) is 17.7 Å². The number of thioether (sulfide) groups is 1. The summed E-state index contributed by atoms with van der Waals surface area (Å²) in [4.78, 5) is 32.0. The number of carbonyl (C=O) groups excluding carboxylic acids is 2. The average molecular weight is 407 g/mol. The number of carbonyl (C=O) groups is 2. The van der Waals surface area contributed by atoms with Crippen LogP contribution < -0.4 is 10.1 Å². The molecule has 2 aliphatic rings. The van der Waals surface area contributed by atoms with Gasteiger partial charge in [0, 0.05) is 5.69 Å². The minimum Gasteiger partial charge on any atom is -0.494 e. The number of nitrogens with one attached hydrogen (secondary N) is 1. The second-order valence-corrected chi connectivity index (χ2v) is 7.61. The van der Waals surface area contributed by atoms with E-state index in [-0.39, 0.29) is 11.8 Å². The van der Waals surface area contributed by atoms with Crippen molar-refractivity contribution < 1.29 is 14.3 Å². The third kappa shape index (κ3) is 3.78. The number of hydrogen-bond donors (Lipinski definition) is 1. The first-order valence-corrected chi connectivity index (χ1v) is 10.4. The molecule has 0 spiro atoms. The summed E-state index contributed by atoms with van der Waals surface area (Å²) in [5.74, 6) is 0.761. The molecule has 2 amide bonds. The maximum atomic E-state index is 13.2. The van der Waals surface area contributed by atoms with Gasteiger partial charge in [0.15, 0.2) is 5.17 Å². The predicted molar refractivity (Wildman–Crippen MR) is 115 cm³/mol. The summed E-state index contributed by atoms with van der Waals surface area (Å²) in [5, 5.41) is 3.57. The number of benzene rings is 2. The second kappa shape index (κ2) is 8.13. The second-order valence-electron chi connectivity index (χ2n) is 6.67. The Kier molecular flexibility index (Phi) is 5.40. The Hall–Kier alpha value is -3.06. The molecular formula is C22H21N3O3S. The summed E-state index contributed by atoms with van der Waals surface area (Å²) in [7, 11) is 0. The molecule has 148 valence electrons. The van der Waals surface area contributed by atoms with Crippen LogP contribution in [0.4, 0.5) is 5.69 Å². The number of ether oxygens (including phenoxy) is 1. The molecule has 0 radical (unpaired) electrons. The van der Waals surface area contributed by atoms with Gasteiger partial charge in [0.05, 0.1) is 29.7 Å². The largest absolute Gasteiger partial charge is 0.494 e. The van der Waals surface area contributed by atoms with E-state index in [1.807, 2.05) is 68.4 Å². The molecule has 0 bridgehead atoms. The lowest BCUT2D eigenvalue weighted by molar-refractivity contribution is -0.125. The van der Waals surface area contributed by atoms with E-state index in [0.717, 1.165) is 11.3 Å². The zero-order valence-corrected chi connectivity index (χ0v) is 17.0. The van der Waals surface area contributed by atoms with Crippen molar-refractivity contribution in [1.29, 1.82) is 0 Å². The van der Waals surface area contributed by atoms with Gasteiger partial charge in [0.1, 0.15) is 5.75 Å².